The fourth-order valence-corrected chi connectivity index (χ4v) is 3.09. The Morgan fingerprint density at radius 3 is 2.52 bits per heavy atom. The van der Waals surface area contributed by atoms with E-state index < -0.39 is 4.92 Å². The maximum atomic E-state index is 11.2. The van der Waals surface area contributed by atoms with Gasteiger partial charge in [0.05, 0.1) is 12.0 Å². The van der Waals surface area contributed by atoms with Crippen LogP contribution in [0.1, 0.15) is 17.3 Å². The number of benzene rings is 3. The van der Waals surface area contributed by atoms with E-state index in [0.717, 1.165) is 11.1 Å². The molecule has 0 spiro atoms. The van der Waals surface area contributed by atoms with Crippen LogP contribution in [0.2, 0.25) is 0 Å². The van der Waals surface area contributed by atoms with Crippen LogP contribution < -0.4 is 9.47 Å². The van der Waals surface area contributed by atoms with Crippen molar-refractivity contribution in [1.82, 2.24) is 10.1 Å². The minimum absolute atomic E-state index is 0.0268. The van der Waals surface area contributed by atoms with Crippen LogP contribution in [0.15, 0.2) is 77.3 Å². The van der Waals surface area contributed by atoms with Crippen LogP contribution in [-0.2, 0) is 13.0 Å². The predicted molar refractivity (Wildman–Crippen MR) is 113 cm³/mol. The topological polar surface area (TPSA) is 101 Å². The normalized spacial score (nSPS) is 10.6. The molecule has 0 aliphatic heterocycles. The highest BCUT2D eigenvalue weighted by atomic mass is 16.6. The first kappa shape index (κ1) is 20.1. The molecular formula is C23H19N3O5. The van der Waals surface area contributed by atoms with Crippen LogP contribution in [0.25, 0.3) is 11.1 Å². The van der Waals surface area contributed by atoms with E-state index in [1.54, 1.807) is 25.3 Å². The van der Waals surface area contributed by atoms with E-state index in [-0.39, 0.29) is 12.3 Å². The standard InChI is InChI=1S/C23H19N3O5/c1-29-19-10-7-17(8-11-19)20-14-18(26(27)28)9-12-21(20)30-15-23-24-22(25-31-23)13-16-5-3-2-4-6-16/h2-12,14H,13,15H2,1H3. The van der Waals surface area contributed by atoms with Gasteiger partial charge in [-0.2, -0.15) is 4.98 Å². The fraction of sp³-hybridized carbons (Fsp3) is 0.130. The van der Waals surface area contributed by atoms with E-state index in [1.165, 1.54) is 12.1 Å². The Balaban J connectivity index is 1.53. The molecule has 0 N–H and O–H groups in total. The van der Waals surface area contributed by atoms with Crippen molar-refractivity contribution in [2.45, 2.75) is 13.0 Å². The van der Waals surface area contributed by atoms with Crippen molar-refractivity contribution in [3.63, 3.8) is 0 Å². The summed E-state index contributed by atoms with van der Waals surface area (Å²) in [5.41, 5.74) is 2.39. The molecule has 3 aromatic carbocycles. The van der Waals surface area contributed by atoms with Crippen LogP contribution in [0.4, 0.5) is 5.69 Å². The molecule has 0 aliphatic rings. The Labute approximate surface area is 178 Å². The van der Waals surface area contributed by atoms with Gasteiger partial charge in [-0.15, -0.1) is 0 Å². The Kier molecular flexibility index (Phi) is 5.89. The monoisotopic (exact) mass is 417 g/mol. The molecule has 8 heteroatoms. The Hall–Kier alpha value is -4.20. The maximum Gasteiger partial charge on any atom is 0.270 e. The van der Waals surface area contributed by atoms with Gasteiger partial charge in [0.25, 0.3) is 11.6 Å². The molecule has 0 atom stereocenters. The summed E-state index contributed by atoms with van der Waals surface area (Å²) in [5, 5.41) is 15.2. The van der Waals surface area contributed by atoms with Crippen LogP contribution in [0, 0.1) is 10.1 Å². The minimum atomic E-state index is -0.440. The van der Waals surface area contributed by atoms with Gasteiger partial charge >= 0.3 is 0 Å². The number of nitro groups is 1. The summed E-state index contributed by atoms with van der Waals surface area (Å²) in [6, 6.07) is 21.5. The first-order chi connectivity index (χ1) is 15.1. The summed E-state index contributed by atoms with van der Waals surface area (Å²) < 4.78 is 16.3. The highest BCUT2D eigenvalue weighted by molar-refractivity contribution is 5.73. The van der Waals surface area contributed by atoms with Crippen molar-refractivity contribution < 1.29 is 18.9 Å². The van der Waals surface area contributed by atoms with Gasteiger partial charge in [0.2, 0.25) is 0 Å². The van der Waals surface area contributed by atoms with Gasteiger partial charge in [0, 0.05) is 24.1 Å². The molecule has 0 amide bonds. The molecule has 31 heavy (non-hydrogen) atoms. The first-order valence-electron chi connectivity index (χ1n) is 9.53. The largest absolute Gasteiger partial charge is 0.497 e. The van der Waals surface area contributed by atoms with E-state index in [9.17, 15) is 10.1 Å². The molecule has 0 aliphatic carbocycles. The molecule has 0 unspecified atom stereocenters. The Morgan fingerprint density at radius 2 is 1.81 bits per heavy atom. The highest BCUT2D eigenvalue weighted by Crippen LogP contribution is 2.34. The van der Waals surface area contributed by atoms with E-state index >= 15 is 0 Å². The lowest BCUT2D eigenvalue weighted by Gasteiger charge is -2.11. The number of rotatable bonds is 8. The lowest BCUT2D eigenvalue weighted by atomic mass is 10.0. The van der Waals surface area contributed by atoms with Gasteiger partial charge < -0.3 is 14.0 Å². The minimum Gasteiger partial charge on any atom is -0.497 e. The quantitative estimate of drug-likeness (QED) is 0.299. The average Bonchev–Trinajstić information content (AvgIpc) is 3.25. The summed E-state index contributed by atoms with van der Waals surface area (Å²) in [4.78, 5) is 15.2. The van der Waals surface area contributed by atoms with Gasteiger partial charge in [0.15, 0.2) is 12.4 Å². The number of hydrogen-bond donors (Lipinski definition) is 0. The molecule has 1 aromatic heterocycles. The molecule has 0 saturated heterocycles. The van der Waals surface area contributed by atoms with Crippen LogP contribution >= 0.6 is 0 Å². The zero-order chi connectivity index (χ0) is 21.6. The van der Waals surface area contributed by atoms with Gasteiger partial charge in [-0.3, -0.25) is 10.1 Å². The molecule has 0 bridgehead atoms. The number of hydrogen-bond acceptors (Lipinski definition) is 7. The van der Waals surface area contributed by atoms with Crippen molar-refractivity contribution in [2.24, 2.45) is 0 Å². The lowest BCUT2D eigenvalue weighted by molar-refractivity contribution is -0.384. The molecule has 0 radical (unpaired) electrons. The maximum absolute atomic E-state index is 11.2. The summed E-state index contributed by atoms with van der Waals surface area (Å²) >= 11 is 0. The molecule has 1 heterocycles. The number of nitro benzene ring substituents is 1. The van der Waals surface area contributed by atoms with E-state index in [4.69, 9.17) is 14.0 Å². The van der Waals surface area contributed by atoms with Gasteiger partial charge in [0.1, 0.15) is 11.5 Å². The zero-order valence-electron chi connectivity index (χ0n) is 16.7. The van der Waals surface area contributed by atoms with Crippen LogP contribution in [0.3, 0.4) is 0 Å². The third-order valence-corrected chi connectivity index (χ3v) is 4.64. The lowest BCUT2D eigenvalue weighted by Crippen LogP contribution is -1.99. The number of aromatic nitrogens is 2. The number of non-ortho nitro benzene ring substituents is 1. The molecule has 156 valence electrons. The smallest absolute Gasteiger partial charge is 0.270 e. The van der Waals surface area contributed by atoms with Crippen molar-refractivity contribution >= 4 is 5.69 Å². The Morgan fingerprint density at radius 1 is 1.03 bits per heavy atom. The van der Waals surface area contributed by atoms with Crippen LogP contribution in [-0.4, -0.2) is 22.2 Å². The first-order valence-corrected chi connectivity index (χ1v) is 9.53. The molecule has 8 nitrogen and oxygen atoms in total. The summed E-state index contributed by atoms with van der Waals surface area (Å²) in [5.74, 6) is 2.04. The number of methoxy groups -OCH3 is 1. The molecular weight excluding hydrogens is 398 g/mol. The third kappa shape index (κ3) is 4.87. The second-order valence-electron chi connectivity index (χ2n) is 6.72. The number of ether oxygens (including phenoxy) is 2. The predicted octanol–water partition coefficient (Wildman–Crippen LogP) is 4.82. The fourth-order valence-electron chi connectivity index (χ4n) is 3.09. The van der Waals surface area contributed by atoms with Crippen molar-refractivity contribution in [2.75, 3.05) is 7.11 Å². The summed E-state index contributed by atoms with van der Waals surface area (Å²) in [6.45, 7) is 0.0444. The van der Waals surface area contributed by atoms with Gasteiger partial charge in [-0.05, 0) is 29.3 Å². The third-order valence-electron chi connectivity index (χ3n) is 4.64. The second-order valence-corrected chi connectivity index (χ2v) is 6.72. The second kappa shape index (κ2) is 9.08. The molecule has 0 saturated carbocycles. The molecule has 4 rings (SSSR count). The number of nitrogens with zero attached hydrogens (tertiary/aromatic N) is 3. The van der Waals surface area contributed by atoms with Gasteiger partial charge in [-0.1, -0.05) is 47.6 Å². The zero-order valence-corrected chi connectivity index (χ0v) is 16.7. The Bertz CT molecular complexity index is 1170. The summed E-state index contributed by atoms with van der Waals surface area (Å²) in [7, 11) is 1.58. The highest BCUT2D eigenvalue weighted by Gasteiger charge is 2.15. The van der Waals surface area contributed by atoms with E-state index in [1.807, 2.05) is 42.5 Å². The molecule has 0 fully saturated rings. The van der Waals surface area contributed by atoms with Crippen molar-refractivity contribution in [1.29, 1.82) is 0 Å². The van der Waals surface area contributed by atoms with Crippen molar-refractivity contribution in [3.05, 3.63) is 100 Å². The SMILES string of the molecule is COc1ccc(-c2cc([N+](=O)[O-])ccc2OCc2nc(Cc3ccccc3)no2)cc1. The van der Waals surface area contributed by atoms with Crippen molar-refractivity contribution in [3.8, 4) is 22.6 Å². The van der Waals surface area contributed by atoms with E-state index in [0.29, 0.717) is 35.2 Å². The van der Waals surface area contributed by atoms with Gasteiger partial charge in [-0.25, -0.2) is 0 Å². The van der Waals surface area contributed by atoms with Crippen LogP contribution in [0.5, 0.6) is 11.5 Å². The molecule has 4 aromatic rings. The van der Waals surface area contributed by atoms with E-state index in [2.05, 4.69) is 10.1 Å². The average molecular weight is 417 g/mol. The summed E-state index contributed by atoms with van der Waals surface area (Å²) in [6.07, 6.45) is 0.555.